The molecule has 2 unspecified atom stereocenters. The van der Waals surface area contributed by atoms with Gasteiger partial charge in [0.05, 0.1) is 11.0 Å². The maximum absolute atomic E-state index is 11.2. The lowest BCUT2D eigenvalue weighted by Gasteiger charge is -2.16. The van der Waals surface area contributed by atoms with Gasteiger partial charge in [-0.25, -0.2) is 4.98 Å². The Morgan fingerprint density at radius 1 is 1.43 bits per heavy atom. The number of nitrogens with zero attached hydrogens (tertiary/aromatic N) is 3. The highest BCUT2D eigenvalue weighted by molar-refractivity contribution is 5.60. The average molecular weight is 295 g/mol. The van der Waals surface area contributed by atoms with Crippen LogP contribution in [0.4, 0.5) is 17.5 Å². The first kappa shape index (κ1) is 15.4. The first-order valence-electron chi connectivity index (χ1n) is 7.15. The van der Waals surface area contributed by atoms with Gasteiger partial charge in [-0.1, -0.05) is 0 Å². The predicted octanol–water partition coefficient (Wildman–Crippen LogP) is 1.96. The molecule has 116 valence electrons. The lowest BCUT2D eigenvalue weighted by Crippen LogP contribution is -2.22. The van der Waals surface area contributed by atoms with E-state index in [2.05, 4.69) is 20.6 Å². The summed E-state index contributed by atoms with van der Waals surface area (Å²) in [5.41, 5.74) is 0.285. The summed E-state index contributed by atoms with van der Waals surface area (Å²) < 4.78 is 5.50. The molecule has 1 aromatic heterocycles. The van der Waals surface area contributed by atoms with Crippen LogP contribution in [-0.4, -0.2) is 40.7 Å². The van der Waals surface area contributed by atoms with E-state index < -0.39 is 4.92 Å². The predicted molar refractivity (Wildman–Crippen MR) is 79.6 cm³/mol. The van der Waals surface area contributed by atoms with Crippen LogP contribution in [0.25, 0.3) is 0 Å². The molecular formula is C13H21N5O3. The van der Waals surface area contributed by atoms with Crippen LogP contribution in [0.3, 0.4) is 0 Å². The highest BCUT2D eigenvalue weighted by Crippen LogP contribution is 2.28. The van der Waals surface area contributed by atoms with E-state index in [1.807, 2.05) is 13.8 Å². The Kier molecular flexibility index (Phi) is 4.89. The van der Waals surface area contributed by atoms with Crippen molar-refractivity contribution in [2.24, 2.45) is 5.92 Å². The largest absolute Gasteiger partial charge is 0.378 e. The summed E-state index contributed by atoms with van der Waals surface area (Å²) in [6.07, 6.45) is 1.11. The molecule has 1 aromatic rings. The monoisotopic (exact) mass is 295 g/mol. The fourth-order valence-corrected chi connectivity index (χ4v) is 2.42. The third-order valence-electron chi connectivity index (χ3n) is 3.64. The van der Waals surface area contributed by atoms with Crippen molar-refractivity contribution in [1.82, 2.24) is 9.97 Å². The van der Waals surface area contributed by atoms with E-state index >= 15 is 0 Å². The summed E-state index contributed by atoms with van der Waals surface area (Å²) in [6, 6.07) is 0. The average Bonchev–Trinajstić information content (AvgIpc) is 2.81. The Morgan fingerprint density at radius 3 is 2.76 bits per heavy atom. The van der Waals surface area contributed by atoms with Crippen LogP contribution in [0.15, 0.2) is 0 Å². The highest BCUT2D eigenvalue weighted by Gasteiger charge is 2.27. The molecule has 2 atom stereocenters. The van der Waals surface area contributed by atoms with Crippen molar-refractivity contribution in [3.8, 4) is 0 Å². The molecule has 1 aliphatic rings. The molecule has 0 aromatic carbocycles. The van der Waals surface area contributed by atoms with E-state index in [0.717, 1.165) is 13.0 Å². The van der Waals surface area contributed by atoms with Gasteiger partial charge < -0.3 is 15.4 Å². The van der Waals surface area contributed by atoms with Crippen molar-refractivity contribution >= 4 is 17.5 Å². The van der Waals surface area contributed by atoms with Gasteiger partial charge >= 0.3 is 5.69 Å². The summed E-state index contributed by atoms with van der Waals surface area (Å²) in [5.74, 6) is 1.00. The molecule has 8 heteroatoms. The standard InChI is InChI=1S/C13H21N5O3/c1-4-14-13-16-8(2)11(18(19)20)12(17-13)15-7-10-5-6-21-9(10)3/h9-10H,4-7H2,1-3H3,(H2,14,15,16,17). The summed E-state index contributed by atoms with van der Waals surface area (Å²) in [7, 11) is 0. The zero-order valence-corrected chi connectivity index (χ0v) is 12.5. The lowest BCUT2D eigenvalue weighted by molar-refractivity contribution is -0.385. The summed E-state index contributed by atoms with van der Waals surface area (Å²) in [5, 5.41) is 17.3. The number of hydrogen-bond acceptors (Lipinski definition) is 7. The zero-order chi connectivity index (χ0) is 15.4. The van der Waals surface area contributed by atoms with E-state index in [1.165, 1.54) is 0 Å². The maximum Gasteiger partial charge on any atom is 0.332 e. The van der Waals surface area contributed by atoms with Crippen molar-refractivity contribution in [3.05, 3.63) is 15.8 Å². The molecule has 21 heavy (non-hydrogen) atoms. The topological polar surface area (TPSA) is 102 Å². The van der Waals surface area contributed by atoms with Gasteiger partial charge in [0.1, 0.15) is 5.69 Å². The van der Waals surface area contributed by atoms with Crippen molar-refractivity contribution in [2.45, 2.75) is 33.3 Å². The normalized spacial score (nSPS) is 21.3. The number of hydrogen-bond donors (Lipinski definition) is 2. The van der Waals surface area contributed by atoms with Gasteiger partial charge in [-0.3, -0.25) is 10.1 Å². The van der Waals surface area contributed by atoms with Crippen LogP contribution in [0.2, 0.25) is 0 Å². The maximum atomic E-state index is 11.2. The van der Waals surface area contributed by atoms with Crippen molar-refractivity contribution in [2.75, 3.05) is 30.3 Å². The van der Waals surface area contributed by atoms with Gasteiger partial charge in [-0.05, 0) is 27.2 Å². The molecule has 0 aliphatic carbocycles. The molecule has 0 amide bonds. The number of aryl methyl sites for hydroxylation is 1. The van der Waals surface area contributed by atoms with E-state index in [1.54, 1.807) is 6.92 Å². The summed E-state index contributed by atoms with van der Waals surface area (Å²) in [6.45, 7) is 7.55. The zero-order valence-electron chi connectivity index (χ0n) is 12.5. The molecule has 2 heterocycles. The number of nitrogens with one attached hydrogen (secondary N) is 2. The second kappa shape index (κ2) is 6.66. The minimum atomic E-state index is -0.442. The molecule has 1 aliphatic heterocycles. The SMILES string of the molecule is CCNc1nc(C)c([N+](=O)[O-])c(NCC2CCOC2C)n1. The van der Waals surface area contributed by atoms with Gasteiger partial charge in [0.2, 0.25) is 11.8 Å². The van der Waals surface area contributed by atoms with Gasteiger partial charge in [-0.15, -0.1) is 0 Å². The Labute approximate surface area is 123 Å². The van der Waals surface area contributed by atoms with Crippen LogP contribution in [-0.2, 0) is 4.74 Å². The summed E-state index contributed by atoms with van der Waals surface area (Å²) >= 11 is 0. The molecule has 0 bridgehead atoms. The molecule has 0 saturated carbocycles. The van der Waals surface area contributed by atoms with Crippen LogP contribution in [0, 0.1) is 23.0 Å². The Balaban J connectivity index is 2.20. The van der Waals surface area contributed by atoms with Crippen LogP contribution in [0.1, 0.15) is 26.0 Å². The van der Waals surface area contributed by atoms with Crippen LogP contribution < -0.4 is 10.6 Å². The van der Waals surface area contributed by atoms with E-state index in [4.69, 9.17) is 4.74 Å². The third-order valence-corrected chi connectivity index (χ3v) is 3.64. The molecule has 0 spiro atoms. The number of anilines is 2. The van der Waals surface area contributed by atoms with Gasteiger partial charge in [0, 0.05) is 25.6 Å². The number of aromatic nitrogens is 2. The molecular weight excluding hydrogens is 274 g/mol. The molecule has 2 rings (SSSR count). The molecule has 0 radical (unpaired) electrons. The van der Waals surface area contributed by atoms with Crippen LogP contribution >= 0.6 is 0 Å². The van der Waals surface area contributed by atoms with Gasteiger partial charge in [0.25, 0.3) is 0 Å². The van der Waals surface area contributed by atoms with E-state index in [0.29, 0.717) is 30.6 Å². The first-order chi connectivity index (χ1) is 10.0. The lowest BCUT2D eigenvalue weighted by atomic mass is 10.0. The highest BCUT2D eigenvalue weighted by atomic mass is 16.6. The third kappa shape index (κ3) is 3.57. The Bertz CT molecular complexity index is 523. The van der Waals surface area contributed by atoms with Crippen LogP contribution in [0.5, 0.6) is 0 Å². The minimum absolute atomic E-state index is 0.0665. The van der Waals surface area contributed by atoms with Gasteiger partial charge in [0.15, 0.2) is 0 Å². The van der Waals surface area contributed by atoms with Crippen molar-refractivity contribution in [1.29, 1.82) is 0 Å². The molecule has 1 saturated heterocycles. The van der Waals surface area contributed by atoms with Crippen molar-refractivity contribution in [3.63, 3.8) is 0 Å². The summed E-state index contributed by atoms with van der Waals surface area (Å²) in [4.78, 5) is 19.1. The fraction of sp³-hybridized carbons (Fsp3) is 0.692. The number of nitro groups is 1. The van der Waals surface area contributed by atoms with Gasteiger partial charge in [-0.2, -0.15) is 4.98 Å². The van der Waals surface area contributed by atoms with E-state index in [9.17, 15) is 10.1 Å². The second-order valence-corrected chi connectivity index (χ2v) is 5.12. The Hall–Kier alpha value is -1.96. The molecule has 2 N–H and O–H groups in total. The Morgan fingerprint density at radius 2 is 2.19 bits per heavy atom. The first-order valence-corrected chi connectivity index (χ1v) is 7.15. The minimum Gasteiger partial charge on any atom is -0.378 e. The molecule has 1 fully saturated rings. The quantitative estimate of drug-likeness (QED) is 0.611. The number of rotatable bonds is 6. The second-order valence-electron chi connectivity index (χ2n) is 5.12. The molecule has 8 nitrogen and oxygen atoms in total. The van der Waals surface area contributed by atoms with E-state index in [-0.39, 0.29) is 17.6 Å². The van der Waals surface area contributed by atoms with Crippen molar-refractivity contribution < 1.29 is 9.66 Å². The fourth-order valence-electron chi connectivity index (χ4n) is 2.42. The smallest absolute Gasteiger partial charge is 0.332 e. The number of ether oxygens (including phenoxy) is 1.